The third-order valence-electron chi connectivity index (χ3n) is 6.58. The monoisotopic (exact) mass is 572 g/mol. The molecule has 6 nitrogen and oxygen atoms in total. The number of quaternary nitrogens is 1. The van der Waals surface area contributed by atoms with Crippen LogP contribution in [0.1, 0.15) is 54.9 Å². The number of benzene rings is 2. The summed E-state index contributed by atoms with van der Waals surface area (Å²) in [5.74, 6) is 2.41. The second-order valence-corrected chi connectivity index (χ2v) is 10.1. The summed E-state index contributed by atoms with van der Waals surface area (Å²) >= 11 is 0. The lowest BCUT2D eigenvalue weighted by Gasteiger charge is -2.31. The molecule has 0 N–H and O–H groups in total. The standard InChI is InChI=1S/C30H41N2O4.BrH/c1-5-12-25-13-11-14-28(36-26-17-15-24(16-18-26)27(33)6-2)30(25)35-22-10-9-21-32(3,4)23-29(34)31-19-7-8-20-31;/h5,11,13-18H,1,6-10,12,19-23H2,2-4H3;1H/q+1;/p-1. The molecule has 2 aromatic carbocycles. The van der Waals surface area contributed by atoms with Crippen molar-refractivity contribution in [2.75, 3.05) is 46.9 Å². The fraction of sp³-hybridized carbons (Fsp3) is 0.467. The van der Waals surface area contributed by atoms with Crippen LogP contribution < -0.4 is 26.5 Å². The van der Waals surface area contributed by atoms with E-state index in [1.807, 2.05) is 48.2 Å². The van der Waals surface area contributed by atoms with Crippen LogP contribution in [-0.4, -0.2) is 68.0 Å². The number of para-hydroxylation sites is 1. The molecule has 1 amide bonds. The van der Waals surface area contributed by atoms with E-state index >= 15 is 0 Å². The predicted octanol–water partition coefficient (Wildman–Crippen LogP) is 2.66. The minimum atomic E-state index is 0. The topological polar surface area (TPSA) is 55.8 Å². The predicted molar refractivity (Wildman–Crippen MR) is 144 cm³/mol. The van der Waals surface area contributed by atoms with E-state index in [9.17, 15) is 9.59 Å². The highest BCUT2D eigenvalue weighted by Crippen LogP contribution is 2.35. The average Bonchev–Trinajstić information content (AvgIpc) is 3.40. The summed E-state index contributed by atoms with van der Waals surface area (Å²) in [6, 6.07) is 13.1. The lowest BCUT2D eigenvalue weighted by atomic mass is 10.1. The van der Waals surface area contributed by atoms with Crippen molar-refractivity contribution in [3.8, 4) is 17.2 Å². The van der Waals surface area contributed by atoms with E-state index in [0.29, 0.717) is 47.5 Å². The Morgan fingerprint density at radius 2 is 1.76 bits per heavy atom. The van der Waals surface area contributed by atoms with Crippen molar-refractivity contribution in [2.45, 2.75) is 45.4 Å². The lowest BCUT2D eigenvalue weighted by molar-refractivity contribution is -0.883. The number of allylic oxidation sites excluding steroid dienone is 1. The maximum Gasteiger partial charge on any atom is 0.277 e. The largest absolute Gasteiger partial charge is 1.00 e. The highest BCUT2D eigenvalue weighted by atomic mass is 79.9. The number of rotatable bonds is 14. The van der Waals surface area contributed by atoms with Gasteiger partial charge in [0.05, 0.1) is 27.2 Å². The van der Waals surface area contributed by atoms with Gasteiger partial charge in [-0.1, -0.05) is 25.1 Å². The second-order valence-electron chi connectivity index (χ2n) is 10.1. The zero-order valence-electron chi connectivity index (χ0n) is 22.5. The second kappa shape index (κ2) is 14.9. The number of amides is 1. The van der Waals surface area contributed by atoms with Crippen molar-refractivity contribution >= 4 is 11.7 Å². The van der Waals surface area contributed by atoms with E-state index in [4.69, 9.17) is 9.47 Å². The van der Waals surface area contributed by atoms with E-state index in [2.05, 4.69) is 20.7 Å². The number of hydrogen-bond donors (Lipinski definition) is 0. The molecule has 1 heterocycles. The van der Waals surface area contributed by atoms with Gasteiger partial charge < -0.3 is 35.8 Å². The van der Waals surface area contributed by atoms with Gasteiger partial charge >= 0.3 is 0 Å². The molecule has 1 aliphatic rings. The maximum absolute atomic E-state index is 12.5. The first kappa shape index (κ1) is 30.6. The summed E-state index contributed by atoms with van der Waals surface area (Å²) in [5, 5.41) is 0. The normalized spacial score (nSPS) is 13.1. The molecule has 2 aromatic rings. The Labute approximate surface area is 232 Å². The molecule has 0 radical (unpaired) electrons. The molecule has 0 bridgehead atoms. The number of carbonyl (C=O) groups is 2. The molecule has 0 aromatic heterocycles. The fourth-order valence-electron chi connectivity index (χ4n) is 4.49. The SMILES string of the molecule is C=CCc1cccc(Oc2ccc(C(=O)CC)cc2)c1OCCCC[N+](C)(C)CC(=O)N1CCCC1.[Br-]. The maximum atomic E-state index is 12.5. The first-order valence-electron chi connectivity index (χ1n) is 13.1. The molecule has 37 heavy (non-hydrogen) atoms. The molecule has 1 saturated heterocycles. The highest BCUT2D eigenvalue weighted by molar-refractivity contribution is 5.95. The van der Waals surface area contributed by atoms with Crippen LogP contribution in [0.4, 0.5) is 0 Å². The van der Waals surface area contributed by atoms with Crippen LogP contribution in [0.5, 0.6) is 17.2 Å². The van der Waals surface area contributed by atoms with Crippen LogP contribution in [-0.2, 0) is 11.2 Å². The Hall–Kier alpha value is -2.64. The third kappa shape index (κ3) is 9.31. The molecule has 1 aliphatic heterocycles. The van der Waals surface area contributed by atoms with Gasteiger partial charge in [-0.3, -0.25) is 9.59 Å². The van der Waals surface area contributed by atoms with Crippen LogP contribution >= 0.6 is 0 Å². The van der Waals surface area contributed by atoms with Crippen molar-refractivity contribution < 1.29 is 40.5 Å². The number of carbonyl (C=O) groups excluding carboxylic acids is 2. The number of ketones is 1. The number of likely N-dealkylation sites (tertiary alicyclic amines) is 1. The Morgan fingerprint density at radius 1 is 1.05 bits per heavy atom. The molecule has 0 saturated carbocycles. The Kier molecular flexibility index (Phi) is 12.3. The first-order chi connectivity index (χ1) is 17.3. The van der Waals surface area contributed by atoms with Crippen molar-refractivity contribution in [3.63, 3.8) is 0 Å². The van der Waals surface area contributed by atoms with Crippen LogP contribution in [0.3, 0.4) is 0 Å². The first-order valence-corrected chi connectivity index (χ1v) is 13.1. The molecule has 0 aliphatic carbocycles. The molecule has 0 spiro atoms. The average molecular weight is 574 g/mol. The van der Waals surface area contributed by atoms with Gasteiger partial charge in [-0.2, -0.15) is 0 Å². The molecule has 3 rings (SSSR count). The summed E-state index contributed by atoms with van der Waals surface area (Å²) in [6.45, 7) is 9.57. The van der Waals surface area contributed by atoms with Gasteiger partial charge in [0.15, 0.2) is 23.8 Å². The smallest absolute Gasteiger partial charge is 0.277 e. The number of nitrogens with zero attached hydrogens (tertiary/aromatic N) is 2. The van der Waals surface area contributed by atoms with Crippen LogP contribution in [0.15, 0.2) is 55.1 Å². The van der Waals surface area contributed by atoms with Gasteiger partial charge in [0, 0.05) is 30.6 Å². The molecule has 202 valence electrons. The third-order valence-corrected chi connectivity index (χ3v) is 6.58. The van der Waals surface area contributed by atoms with Crippen molar-refractivity contribution in [1.29, 1.82) is 0 Å². The van der Waals surface area contributed by atoms with E-state index in [0.717, 1.165) is 56.6 Å². The van der Waals surface area contributed by atoms with Crippen LogP contribution in [0, 0.1) is 0 Å². The molecule has 0 atom stereocenters. The molecular weight excluding hydrogens is 532 g/mol. The summed E-state index contributed by atoms with van der Waals surface area (Å²) < 4.78 is 13.1. The van der Waals surface area contributed by atoms with Gasteiger partial charge in [0.25, 0.3) is 5.91 Å². The Bertz CT molecular complexity index is 1030. The number of likely N-dealkylation sites (N-methyl/N-ethyl adjacent to an activating group) is 1. The summed E-state index contributed by atoms with van der Waals surface area (Å²) in [4.78, 5) is 26.4. The summed E-state index contributed by atoms with van der Waals surface area (Å²) in [7, 11) is 4.25. The van der Waals surface area contributed by atoms with E-state index in [1.165, 1.54) is 0 Å². The van der Waals surface area contributed by atoms with Crippen molar-refractivity contribution in [2.24, 2.45) is 0 Å². The van der Waals surface area contributed by atoms with Crippen LogP contribution in [0.25, 0.3) is 0 Å². The van der Waals surface area contributed by atoms with Gasteiger partial charge in [-0.25, -0.2) is 0 Å². The number of ether oxygens (including phenoxy) is 2. The lowest BCUT2D eigenvalue weighted by Crippen LogP contribution is -3.00. The number of unbranched alkanes of at least 4 members (excludes halogenated alkanes) is 1. The van der Waals surface area contributed by atoms with E-state index in [1.54, 1.807) is 12.1 Å². The molecule has 1 fully saturated rings. The van der Waals surface area contributed by atoms with Crippen molar-refractivity contribution in [1.82, 2.24) is 4.90 Å². The van der Waals surface area contributed by atoms with E-state index < -0.39 is 0 Å². The quantitative estimate of drug-likeness (QED) is 0.151. The minimum absolute atomic E-state index is 0. The van der Waals surface area contributed by atoms with Crippen molar-refractivity contribution in [3.05, 3.63) is 66.2 Å². The number of Topliss-reactive ketones (excluding diaryl/α,β-unsaturated/α-hetero) is 1. The minimum Gasteiger partial charge on any atom is -1.00 e. The zero-order chi connectivity index (χ0) is 26.0. The Balaban J connectivity index is 0.00000481. The zero-order valence-corrected chi connectivity index (χ0v) is 24.1. The number of halogens is 1. The summed E-state index contributed by atoms with van der Waals surface area (Å²) in [5.41, 5.74) is 1.71. The highest BCUT2D eigenvalue weighted by Gasteiger charge is 2.25. The molecular formula is C30H41BrN2O4. The van der Waals surface area contributed by atoms with E-state index in [-0.39, 0.29) is 28.7 Å². The molecule has 0 unspecified atom stereocenters. The van der Waals surface area contributed by atoms with Gasteiger partial charge in [0.2, 0.25) is 0 Å². The Morgan fingerprint density at radius 3 is 2.41 bits per heavy atom. The number of hydrogen-bond acceptors (Lipinski definition) is 4. The van der Waals surface area contributed by atoms with Gasteiger partial charge in [0.1, 0.15) is 5.75 Å². The van der Waals surface area contributed by atoms with Crippen LogP contribution in [0.2, 0.25) is 0 Å². The summed E-state index contributed by atoms with van der Waals surface area (Å²) in [6.07, 6.45) is 7.11. The fourth-order valence-corrected chi connectivity index (χ4v) is 4.49. The molecule has 7 heteroatoms. The van der Waals surface area contributed by atoms with Gasteiger partial charge in [-0.05, 0) is 62.4 Å². The van der Waals surface area contributed by atoms with Gasteiger partial charge in [-0.15, -0.1) is 6.58 Å².